The summed E-state index contributed by atoms with van der Waals surface area (Å²) in [4.78, 5) is 14.6. The lowest BCUT2D eigenvalue weighted by Crippen LogP contribution is -2.41. The van der Waals surface area contributed by atoms with Gasteiger partial charge >= 0.3 is 7.87 Å². The Kier molecular flexibility index (Phi) is 26.4. The Hall–Kier alpha value is -0.380. The van der Waals surface area contributed by atoms with Crippen LogP contribution >= 0.6 is 7.87 Å². The second kappa shape index (κ2) is 22.9. The van der Waals surface area contributed by atoms with Crippen LogP contribution in [0.15, 0.2) is 4.76 Å². The number of guanidine groups is 1. The Morgan fingerprint density at radius 2 is 1.18 bits per heavy atom. The first kappa shape index (κ1) is 32.3. The summed E-state index contributed by atoms with van der Waals surface area (Å²) in [7, 11) is 2.97. The molecule has 0 saturated carbocycles. The van der Waals surface area contributed by atoms with E-state index in [2.05, 4.69) is 56.4 Å². The van der Waals surface area contributed by atoms with Crippen molar-refractivity contribution in [3.8, 4) is 0 Å². The van der Waals surface area contributed by atoms with E-state index in [4.69, 9.17) is 4.52 Å². The van der Waals surface area contributed by atoms with Crippen molar-refractivity contribution < 1.29 is 9.42 Å². The van der Waals surface area contributed by atoms with Gasteiger partial charge in [0.2, 0.25) is 5.96 Å². The Labute approximate surface area is 178 Å². The summed E-state index contributed by atoms with van der Waals surface area (Å²) in [5, 5.41) is 0. The molecule has 0 bridgehead atoms. The SMILES string of the molecule is CC.CCC.CCCCCCN(C)C(=N[P+](C)(O)OC)N(C)CCCCCC. The quantitative estimate of drug-likeness (QED) is 0.162. The molecular weight excluding hydrogens is 369 g/mol. The minimum atomic E-state index is -2.67. The second-order valence-corrected chi connectivity index (χ2v) is 9.33. The van der Waals surface area contributed by atoms with Gasteiger partial charge in [-0.15, -0.1) is 0 Å². The Morgan fingerprint density at radius 3 is 1.46 bits per heavy atom. The third-order valence-corrected chi connectivity index (χ3v) is 5.24. The van der Waals surface area contributed by atoms with E-state index in [1.54, 1.807) is 6.66 Å². The Balaban J connectivity index is -0.00000113. The van der Waals surface area contributed by atoms with E-state index in [0.29, 0.717) is 0 Å². The molecule has 0 fully saturated rings. The summed E-state index contributed by atoms with van der Waals surface area (Å²) in [5.41, 5.74) is 0. The lowest BCUT2D eigenvalue weighted by atomic mass is 10.2. The maximum atomic E-state index is 10.3. The van der Waals surface area contributed by atoms with Crippen molar-refractivity contribution in [2.45, 2.75) is 99.3 Å². The number of nitrogens with zero attached hydrogens (tertiary/aromatic N) is 3. The second-order valence-electron chi connectivity index (χ2n) is 7.09. The van der Waals surface area contributed by atoms with Gasteiger partial charge in [-0.3, -0.25) is 0 Å². The van der Waals surface area contributed by atoms with Crippen LogP contribution in [0.25, 0.3) is 0 Å². The third kappa shape index (κ3) is 20.4. The average Bonchev–Trinajstić information content (AvgIpc) is 2.68. The minimum absolute atomic E-state index is 0.846. The van der Waals surface area contributed by atoms with Gasteiger partial charge in [0.1, 0.15) is 6.66 Å². The zero-order chi connectivity index (χ0) is 22.4. The zero-order valence-electron chi connectivity index (χ0n) is 20.9. The maximum absolute atomic E-state index is 10.3. The number of rotatable bonds is 12. The largest absolute Gasteiger partial charge is 0.391 e. The van der Waals surface area contributed by atoms with Crippen LogP contribution in [0.2, 0.25) is 0 Å². The minimum Gasteiger partial charge on any atom is -0.343 e. The van der Waals surface area contributed by atoms with Gasteiger partial charge in [-0.25, -0.2) is 0 Å². The van der Waals surface area contributed by atoms with Crippen molar-refractivity contribution in [2.75, 3.05) is 41.0 Å². The highest BCUT2D eigenvalue weighted by Gasteiger charge is 2.32. The molecule has 1 N–H and O–H groups in total. The predicted molar refractivity (Wildman–Crippen MR) is 130 cm³/mol. The zero-order valence-corrected chi connectivity index (χ0v) is 21.8. The topological polar surface area (TPSA) is 48.3 Å². The van der Waals surface area contributed by atoms with Gasteiger partial charge < -0.3 is 9.80 Å². The van der Waals surface area contributed by atoms with Crippen molar-refractivity contribution in [2.24, 2.45) is 4.76 Å². The molecule has 172 valence electrons. The van der Waals surface area contributed by atoms with Gasteiger partial charge in [0.05, 0.1) is 7.11 Å². The molecule has 0 aromatic carbocycles. The molecule has 0 rings (SSSR count). The van der Waals surface area contributed by atoms with E-state index in [1.165, 1.54) is 52.1 Å². The Bertz CT molecular complexity index is 320. The van der Waals surface area contributed by atoms with Crippen molar-refractivity contribution in [3.63, 3.8) is 0 Å². The third-order valence-electron chi connectivity index (χ3n) is 4.00. The smallest absolute Gasteiger partial charge is 0.343 e. The molecule has 0 aromatic heterocycles. The molecule has 6 heteroatoms. The van der Waals surface area contributed by atoms with Gasteiger partial charge in [0.15, 0.2) is 0 Å². The summed E-state index contributed by atoms with van der Waals surface area (Å²) in [6, 6.07) is 0. The molecule has 0 spiro atoms. The van der Waals surface area contributed by atoms with E-state index in [9.17, 15) is 4.89 Å². The molecule has 0 aromatic rings. The molecule has 0 amide bonds. The number of hydrogen-bond acceptors (Lipinski definition) is 3. The first-order valence-electron chi connectivity index (χ1n) is 11.5. The summed E-state index contributed by atoms with van der Waals surface area (Å²) >= 11 is 0. The van der Waals surface area contributed by atoms with Crippen LogP contribution in [0.1, 0.15) is 99.3 Å². The first-order chi connectivity index (χ1) is 13.3. The fraction of sp³-hybridized carbons (Fsp3) is 0.955. The molecule has 0 aliphatic heterocycles. The highest BCUT2D eigenvalue weighted by atomic mass is 31.2. The Morgan fingerprint density at radius 1 is 0.821 bits per heavy atom. The summed E-state index contributed by atoms with van der Waals surface area (Å²) < 4.78 is 9.72. The van der Waals surface area contributed by atoms with Crippen LogP contribution in [0.3, 0.4) is 0 Å². The maximum Gasteiger partial charge on any atom is 0.391 e. The van der Waals surface area contributed by atoms with Crippen molar-refractivity contribution in [1.29, 1.82) is 0 Å². The predicted octanol–water partition coefficient (Wildman–Crippen LogP) is 6.84. The molecule has 0 saturated heterocycles. The summed E-state index contributed by atoms with van der Waals surface area (Å²) in [5.74, 6) is 0.846. The fourth-order valence-corrected chi connectivity index (χ4v) is 3.12. The van der Waals surface area contributed by atoms with Gasteiger partial charge in [0.25, 0.3) is 0 Å². The first-order valence-corrected chi connectivity index (χ1v) is 13.5. The molecule has 0 aliphatic rings. The molecule has 1 unspecified atom stereocenters. The van der Waals surface area contributed by atoms with E-state index in [-0.39, 0.29) is 0 Å². The molecule has 0 radical (unpaired) electrons. The standard InChI is InChI=1S/C17H39N3O2P.C3H8.C2H6/c1-7-9-11-13-15-19(3)17(18-23(6,21)22-5)20(4)16-14-12-10-8-2;1-3-2;1-2/h21H,7-16H2,1-6H3;3H2,1-2H3;1-2H3/q+1;;. The van der Waals surface area contributed by atoms with Gasteiger partial charge in [-0.05, 0) is 17.6 Å². The molecule has 28 heavy (non-hydrogen) atoms. The van der Waals surface area contributed by atoms with Gasteiger partial charge in [-0.1, -0.05) is 86.5 Å². The number of hydrogen-bond donors (Lipinski definition) is 1. The van der Waals surface area contributed by atoms with E-state index < -0.39 is 7.87 Å². The molecule has 0 heterocycles. The summed E-state index contributed by atoms with van der Waals surface area (Å²) in [6.07, 6.45) is 11.1. The van der Waals surface area contributed by atoms with Crippen LogP contribution in [0, 0.1) is 0 Å². The van der Waals surface area contributed by atoms with Crippen molar-refractivity contribution in [3.05, 3.63) is 0 Å². The van der Waals surface area contributed by atoms with Crippen LogP contribution in [-0.2, 0) is 4.52 Å². The molecule has 1 atom stereocenters. The lowest BCUT2D eigenvalue weighted by molar-refractivity contribution is 0.355. The monoisotopic (exact) mass is 422 g/mol. The van der Waals surface area contributed by atoms with Crippen LogP contribution in [0.5, 0.6) is 0 Å². The van der Waals surface area contributed by atoms with Crippen LogP contribution < -0.4 is 0 Å². The van der Waals surface area contributed by atoms with Crippen LogP contribution in [-0.4, -0.2) is 61.6 Å². The lowest BCUT2D eigenvalue weighted by Gasteiger charge is -2.29. The van der Waals surface area contributed by atoms with E-state index >= 15 is 0 Å². The van der Waals surface area contributed by atoms with Crippen molar-refractivity contribution in [1.82, 2.24) is 9.80 Å². The normalized spacial score (nSPS) is 12.0. The van der Waals surface area contributed by atoms with Crippen LogP contribution in [0.4, 0.5) is 0 Å². The summed E-state index contributed by atoms with van der Waals surface area (Å²) in [6.45, 7) is 16.3. The molecule has 0 aliphatic carbocycles. The average molecular weight is 423 g/mol. The number of unbranched alkanes of at least 4 members (excludes halogenated alkanes) is 6. The highest BCUT2D eigenvalue weighted by molar-refractivity contribution is 7.63. The fourth-order valence-electron chi connectivity index (χ4n) is 2.40. The highest BCUT2D eigenvalue weighted by Crippen LogP contribution is 2.52. The van der Waals surface area contributed by atoms with Crippen molar-refractivity contribution >= 4 is 13.8 Å². The van der Waals surface area contributed by atoms with E-state index in [0.717, 1.165) is 31.9 Å². The van der Waals surface area contributed by atoms with Gasteiger partial charge in [0, 0.05) is 27.2 Å². The van der Waals surface area contributed by atoms with E-state index in [1.807, 2.05) is 13.8 Å². The molecule has 5 nitrogen and oxygen atoms in total. The molecular formula is C22H53N3O2P+. The van der Waals surface area contributed by atoms with Gasteiger partial charge in [-0.2, -0.15) is 9.42 Å².